The van der Waals surface area contributed by atoms with Crippen molar-refractivity contribution in [2.45, 2.75) is 12.8 Å². The van der Waals surface area contributed by atoms with Crippen molar-refractivity contribution >= 4 is 29.0 Å². The fourth-order valence-electron chi connectivity index (χ4n) is 2.29. The van der Waals surface area contributed by atoms with Crippen molar-refractivity contribution in [3.05, 3.63) is 52.9 Å². The molecule has 1 saturated heterocycles. The molecule has 20 heavy (non-hydrogen) atoms. The highest BCUT2D eigenvalue weighted by atomic mass is 35.5. The Bertz CT molecular complexity index is 660. The van der Waals surface area contributed by atoms with Crippen LogP contribution < -0.4 is 4.90 Å². The minimum Gasteiger partial charge on any atom is -0.441 e. The summed E-state index contributed by atoms with van der Waals surface area (Å²) in [6.45, 7) is 0.736. The van der Waals surface area contributed by atoms with E-state index in [-0.39, 0.29) is 22.7 Å². The van der Waals surface area contributed by atoms with Crippen LogP contribution in [0.2, 0.25) is 5.22 Å². The quantitative estimate of drug-likeness (QED) is 0.815. The van der Waals surface area contributed by atoms with Gasteiger partial charge in [-0.15, -0.1) is 0 Å². The van der Waals surface area contributed by atoms with E-state index in [1.165, 1.54) is 6.07 Å². The molecule has 0 saturated carbocycles. The molecule has 1 aromatic carbocycles. The molecular formula is C15H12ClNO3. The number of nitrogens with zero attached hydrogens (tertiary/aromatic N) is 1. The first kappa shape index (κ1) is 12.9. The molecule has 5 heteroatoms. The Morgan fingerprint density at radius 3 is 2.45 bits per heavy atom. The fourth-order valence-corrected chi connectivity index (χ4v) is 2.44. The minimum atomic E-state index is -0.226. The van der Waals surface area contributed by atoms with E-state index < -0.39 is 0 Å². The number of furan rings is 1. The summed E-state index contributed by atoms with van der Waals surface area (Å²) in [5.41, 5.74) is 1.33. The zero-order valence-corrected chi connectivity index (χ0v) is 11.4. The summed E-state index contributed by atoms with van der Waals surface area (Å²) in [6, 6.07) is 10.0. The monoisotopic (exact) mass is 289 g/mol. The Hall–Kier alpha value is -2.07. The van der Waals surface area contributed by atoms with Crippen LogP contribution in [-0.2, 0) is 4.79 Å². The van der Waals surface area contributed by atoms with E-state index in [1.54, 1.807) is 35.2 Å². The SMILES string of the molecule is O=C(c1ccc(N2CCCC2=O)cc1)c1ccc(Cl)o1. The van der Waals surface area contributed by atoms with Gasteiger partial charge in [-0.1, -0.05) is 0 Å². The summed E-state index contributed by atoms with van der Waals surface area (Å²) < 4.78 is 5.10. The number of benzene rings is 1. The van der Waals surface area contributed by atoms with Crippen molar-refractivity contribution in [1.82, 2.24) is 0 Å². The van der Waals surface area contributed by atoms with Gasteiger partial charge in [0.15, 0.2) is 11.0 Å². The van der Waals surface area contributed by atoms with Gasteiger partial charge in [0.2, 0.25) is 11.7 Å². The van der Waals surface area contributed by atoms with Gasteiger partial charge in [-0.25, -0.2) is 0 Å². The summed E-state index contributed by atoms with van der Waals surface area (Å²) in [6.07, 6.45) is 1.47. The number of ketones is 1. The maximum atomic E-state index is 12.1. The number of amides is 1. The maximum Gasteiger partial charge on any atom is 0.228 e. The fraction of sp³-hybridized carbons (Fsp3) is 0.200. The zero-order chi connectivity index (χ0) is 14.1. The second-order valence-corrected chi connectivity index (χ2v) is 5.00. The largest absolute Gasteiger partial charge is 0.441 e. The van der Waals surface area contributed by atoms with Gasteiger partial charge in [0.1, 0.15) is 0 Å². The normalized spacial score (nSPS) is 14.8. The molecule has 1 amide bonds. The molecule has 1 aliphatic rings. The second-order valence-electron chi connectivity index (χ2n) is 4.63. The second kappa shape index (κ2) is 5.13. The van der Waals surface area contributed by atoms with Gasteiger partial charge in [-0.2, -0.15) is 0 Å². The van der Waals surface area contributed by atoms with E-state index >= 15 is 0 Å². The van der Waals surface area contributed by atoms with Gasteiger partial charge >= 0.3 is 0 Å². The highest BCUT2D eigenvalue weighted by Crippen LogP contribution is 2.23. The molecule has 2 aromatic rings. The Kier molecular flexibility index (Phi) is 3.32. The smallest absolute Gasteiger partial charge is 0.228 e. The predicted molar refractivity (Wildman–Crippen MR) is 75.2 cm³/mol. The van der Waals surface area contributed by atoms with Crippen molar-refractivity contribution < 1.29 is 14.0 Å². The van der Waals surface area contributed by atoms with Gasteiger partial charge in [0.25, 0.3) is 0 Å². The maximum absolute atomic E-state index is 12.1. The Balaban J connectivity index is 1.82. The third-order valence-electron chi connectivity index (χ3n) is 3.31. The standard InChI is InChI=1S/C15H12ClNO3/c16-13-8-7-12(20-13)15(19)10-3-5-11(6-4-10)17-9-1-2-14(17)18/h3-8H,1-2,9H2. The third kappa shape index (κ3) is 2.34. The lowest BCUT2D eigenvalue weighted by Gasteiger charge is -2.15. The molecule has 0 unspecified atom stereocenters. The molecule has 0 spiro atoms. The van der Waals surface area contributed by atoms with Gasteiger partial charge < -0.3 is 9.32 Å². The van der Waals surface area contributed by atoms with E-state index in [9.17, 15) is 9.59 Å². The van der Waals surface area contributed by atoms with Crippen LogP contribution in [0, 0.1) is 0 Å². The van der Waals surface area contributed by atoms with Crippen LogP contribution in [0.1, 0.15) is 29.0 Å². The first-order chi connectivity index (χ1) is 9.65. The lowest BCUT2D eigenvalue weighted by atomic mass is 10.1. The molecule has 3 rings (SSSR count). The molecule has 102 valence electrons. The van der Waals surface area contributed by atoms with Gasteiger partial charge in [0.05, 0.1) is 0 Å². The van der Waals surface area contributed by atoms with Gasteiger partial charge in [-0.3, -0.25) is 9.59 Å². The molecule has 1 aromatic heterocycles. The van der Waals surface area contributed by atoms with Crippen molar-refractivity contribution in [2.24, 2.45) is 0 Å². The number of carbonyl (C=O) groups is 2. The average molecular weight is 290 g/mol. The number of halogens is 1. The number of hydrogen-bond donors (Lipinski definition) is 0. The first-order valence-corrected chi connectivity index (χ1v) is 6.73. The van der Waals surface area contributed by atoms with Crippen molar-refractivity contribution in [3.63, 3.8) is 0 Å². The van der Waals surface area contributed by atoms with Crippen LogP contribution in [0.15, 0.2) is 40.8 Å². The summed E-state index contributed by atoms with van der Waals surface area (Å²) in [4.78, 5) is 25.5. The number of anilines is 1. The Labute approximate surface area is 120 Å². The molecule has 0 aliphatic carbocycles. The van der Waals surface area contributed by atoms with E-state index in [0.717, 1.165) is 18.7 Å². The third-order valence-corrected chi connectivity index (χ3v) is 3.51. The van der Waals surface area contributed by atoms with E-state index in [0.29, 0.717) is 12.0 Å². The molecule has 0 radical (unpaired) electrons. The van der Waals surface area contributed by atoms with Crippen LogP contribution in [-0.4, -0.2) is 18.2 Å². The molecular weight excluding hydrogens is 278 g/mol. The van der Waals surface area contributed by atoms with Crippen LogP contribution >= 0.6 is 11.6 Å². The minimum absolute atomic E-state index is 0.127. The molecule has 1 fully saturated rings. The first-order valence-electron chi connectivity index (χ1n) is 6.35. The molecule has 0 atom stereocenters. The summed E-state index contributed by atoms with van der Waals surface area (Å²) in [5, 5.41) is 0.188. The van der Waals surface area contributed by atoms with Crippen LogP contribution in [0.3, 0.4) is 0 Å². The van der Waals surface area contributed by atoms with Gasteiger partial charge in [-0.05, 0) is 54.4 Å². The summed E-state index contributed by atoms with van der Waals surface area (Å²) in [7, 11) is 0. The highest BCUT2D eigenvalue weighted by molar-refractivity contribution is 6.29. The van der Waals surface area contributed by atoms with Crippen LogP contribution in [0.5, 0.6) is 0 Å². The van der Waals surface area contributed by atoms with Crippen molar-refractivity contribution in [3.8, 4) is 0 Å². The van der Waals surface area contributed by atoms with Crippen LogP contribution in [0.4, 0.5) is 5.69 Å². The van der Waals surface area contributed by atoms with Crippen molar-refractivity contribution in [1.29, 1.82) is 0 Å². The lowest BCUT2D eigenvalue weighted by Crippen LogP contribution is -2.23. The molecule has 2 heterocycles. The van der Waals surface area contributed by atoms with Gasteiger partial charge in [0, 0.05) is 24.2 Å². The average Bonchev–Trinajstić information content (AvgIpc) is 3.07. The Morgan fingerprint density at radius 1 is 1.15 bits per heavy atom. The zero-order valence-electron chi connectivity index (χ0n) is 10.6. The molecule has 1 aliphatic heterocycles. The van der Waals surface area contributed by atoms with Crippen LogP contribution in [0.25, 0.3) is 0 Å². The molecule has 4 nitrogen and oxygen atoms in total. The van der Waals surface area contributed by atoms with Crippen molar-refractivity contribution in [2.75, 3.05) is 11.4 Å². The molecule has 0 N–H and O–H groups in total. The number of hydrogen-bond acceptors (Lipinski definition) is 3. The number of carbonyl (C=O) groups excluding carboxylic acids is 2. The van der Waals surface area contributed by atoms with E-state index in [4.69, 9.17) is 16.0 Å². The number of rotatable bonds is 3. The lowest BCUT2D eigenvalue weighted by molar-refractivity contribution is -0.117. The highest BCUT2D eigenvalue weighted by Gasteiger charge is 2.22. The van der Waals surface area contributed by atoms with E-state index in [1.807, 2.05) is 0 Å². The van der Waals surface area contributed by atoms with E-state index in [2.05, 4.69) is 0 Å². The predicted octanol–water partition coefficient (Wildman–Crippen LogP) is 3.29. The Morgan fingerprint density at radius 2 is 1.90 bits per heavy atom. The topological polar surface area (TPSA) is 50.5 Å². The molecule has 0 bridgehead atoms. The summed E-state index contributed by atoms with van der Waals surface area (Å²) >= 11 is 5.66. The summed E-state index contributed by atoms with van der Waals surface area (Å²) in [5.74, 6) is 0.109.